The Kier molecular flexibility index (Phi) is 2.45. The first-order valence-electron chi connectivity index (χ1n) is 5.94. The molecule has 1 aliphatic carbocycles. The van der Waals surface area contributed by atoms with Crippen molar-refractivity contribution in [1.29, 1.82) is 0 Å². The second-order valence-electron chi connectivity index (χ2n) is 4.66. The van der Waals surface area contributed by atoms with Gasteiger partial charge in [0.05, 0.1) is 20.6 Å². The van der Waals surface area contributed by atoms with Crippen molar-refractivity contribution in [2.75, 3.05) is 0 Å². The first kappa shape index (κ1) is 11.6. The highest BCUT2D eigenvalue weighted by atomic mass is 16.6. The zero-order valence-corrected chi connectivity index (χ0v) is 9.91. The van der Waals surface area contributed by atoms with Crippen LogP contribution in [0.5, 0.6) is 0 Å². The number of hydrogen-bond acceptors (Lipinski definition) is 4. The number of nitro benzene ring substituents is 2. The number of hydrogen-bond donors (Lipinski definition) is 0. The second kappa shape index (κ2) is 4.01. The van der Waals surface area contributed by atoms with Gasteiger partial charge in [-0.25, -0.2) is 0 Å². The number of rotatable bonds is 3. The first-order valence-corrected chi connectivity index (χ1v) is 5.94. The first-order chi connectivity index (χ1) is 9.09. The Bertz CT molecular complexity index is 707. The molecule has 6 heteroatoms. The van der Waals surface area contributed by atoms with E-state index in [1.807, 2.05) is 0 Å². The van der Waals surface area contributed by atoms with E-state index in [4.69, 9.17) is 0 Å². The van der Waals surface area contributed by atoms with Gasteiger partial charge in [-0.3, -0.25) is 20.2 Å². The van der Waals surface area contributed by atoms with E-state index in [1.54, 1.807) is 18.2 Å². The fraction of sp³-hybridized carbons (Fsp3) is 0.231. The van der Waals surface area contributed by atoms with Gasteiger partial charge in [-0.15, -0.1) is 0 Å². The van der Waals surface area contributed by atoms with Gasteiger partial charge < -0.3 is 0 Å². The van der Waals surface area contributed by atoms with Crippen LogP contribution in [0.15, 0.2) is 30.3 Å². The van der Waals surface area contributed by atoms with Crippen LogP contribution in [0.4, 0.5) is 11.4 Å². The van der Waals surface area contributed by atoms with Crippen LogP contribution in [-0.2, 0) is 0 Å². The molecule has 6 nitrogen and oxygen atoms in total. The summed E-state index contributed by atoms with van der Waals surface area (Å²) in [6.45, 7) is 0. The smallest absolute Gasteiger partial charge is 0.258 e. The standard InChI is InChI=1S/C13H10N2O4/c16-14(17)12-3-1-2-11-10(12)7-6-9(8-4-5-8)13(11)15(18)19/h1-3,6-8H,4-5H2. The summed E-state index contributed by atoms with van der Waals surface area (Å²) in [7, 11) is 0. The molecule has 1 saturated carbocycles. The Labute approximate surface area is 108 Å². The van der Waals surface area contributed by atoms with Gasteiger partial charge in [0, 0.05) is 11.6 Å². The van der Waals surface area contributed by atoms with Crippen molar-refractivity contribution in [2.24, 2.45) is 0 Å². The number of nitrogens with zero attached hydrogens (tertiary/aromatic N) is 2. The average molecular weight is 258 g/mol. The summed E-state index contributed by atoms with van der Waals surface area (Å²) < 4.78 is 0. The summed E-state index contributed by atoms with van der Waals surface area (Å²) in [5.41, 5.74) is 0.615. The van der Waals surface area contributed by atoms with Crippen LogP contribution in [0.1, 0.15) is 24.3 Å². The molecule has 0 amide bonds. The van der Waals surface area contributed by atoms with Gasteiger partial charge in [-0.2, -0.15) is 0 Å². The van der Waals surface area contributed by atoms with Crippen molar-refractivity contribution >= 4 is 22.1 Å². The summed E-state index contributed by atoms with van der Waals surface area (Å²) in [5, 5.41) is 22.9. The van der Waals surface area contributed by atoms with Gasteiger partial charge in [-0.1, -0.05) is 12.1 Å². The van der Waals surface area contributed by atoms with Crippen LogP contribution in [0.25, 0.3) is 10.8 Å². The van der Waals surface area contributed by atoms with Crippen LogP contribution in [0.3, 0.4) is 0 Å². The van der Waals surface area contributed by atoms with Gasteiger partial charge in [0.15, 0.2) is 0 Å². The van der Waals surface area contributed by atoms with Crippen LogP contribution in [0, 0.1) is 20.2 Å². The number of non-ortho nitro benzene ring substituents is 1. The van der Waals surface area contributed by atoms with Crippen molar-refractivity contribution in [3.8, 4) is 0 Å². The Morgan fingerprint density at radius 1 is 0.947 bits per heavy atom. The van der Waals surface area contributed by atoms with E-state index in [9.17, 15) is 20.2 Å². The SMILES string of the molecule is O=[N+]([O-])c1cccc2c([N+](=O)[O-])c(C3CC3)ccc12. The van der Waals surface area contributed by atoms with Crippen LogP contribution >= 0.6 is 0 Å². The molecule has 96 valence electrons. The third-order valence-electron chi connectivity index (χ3n) is 3.44. The summed E-state index contributed by atoms with van der Waals surface area (Å²) in [4.78, 5) is 21.3. The van der Waals surface area contributed by atoms with E-state index >= 15 is 0 Å². The topological polar surface area (TPSA) is 86.3 Å². The lowest BCUT2D eigenvalue weighted by atomic mass is 10.00. The summed E-state index contributed by atoms with van der Waals surface area (Å²) in [6.07, 6.45) is 1.89. The molecule has 0 unspecified atom stereocenters. The fourth-order valence-electron chi connectivity index (χ4n) is 2.43. The summed E-state index contributed by atoms with van der Waals surface area (Å²) in [6, 6.07) is 7.71. The Hall–Kier alpha value is -2.50. The van der Waals surface area contributed by atoms with E-state index in [-0.39, 0.29) is 17.3 Å². The quantitative estimate of drug-likeness (QED) is 0.622. The van der Waals surface area contributed by atoms with Gasteiger partial charge >= 0.3 is 0 Å². The molecule has 0 spiro atoms. The minimum atomic E-state index is -0.511. The summed E-state index contributed by atoms with van der Waals surface area (Å²) in [5.74, 6) is 0.226. The third kappa shape index (κ3) is 1.81. The fourth-order valence-corrected chi connectivity index (χ4v) is 2.43. The molecular weight excluding hydrogens is 248 g/mol. The van der Waals surface area contributed by atoms with Gasteiger partial charge in [0.25, 0.3) is 11.4 Å². The number of nitro groups is 2. The average Bonchev–Trinajstić information content (AvgIpc) is 3.20. The highest BCUT2D eigenvalue weighted by Crippen LogP contribution is 2.47. The number of benzene rings is 2. The van der Waals surface area contributed by atoms with Gasteiger partial charge in [0.2, 0.25) is 0 Å². The summed E-state index contributed by atoms with van der Waals surface area (Å²) >= 11 is 0. The lowest BCUT2D eigenvalue weighted by molar-refractivity contribution is -0.385. The molecule has 0 saturated heterocycles. The minimum absolute atomic E-state index is 0.0173. The predicted molar refractivity (Wildman–Crippen MR) is 69.2 cm³/mol. The van der Waals surface area contributed by atoms with Crippen LogP contribution in [-0.4, -0.2) is 9.85 Å². The highest BCUT2D eigenvalue weighted by molar-refractivity contribution is 5.98. The zero-order chi connectivity index (χ0) is 13.6. The van der Waals surface area contributed by atoms with Crippen molar-refractivity contribution in [3.63, 3.8) is 0 Å². The van der Waals surface area contributed by atoms with Crippen molar-refractivity contribution in [2.45, 2.75) is 18.8 Å². The molecule has 19 heavy (non-hydrogen) atoms. The largest absolute Gasteiger partial charge is 0.280 e. The van der Waals surface area contributed by atoms with Crippen molar-refractivity contribution in [3.05, 3.63) is 56.1 Å². The maximum atomic E-state index is 11.3. The molecule has 1 fully saturated rings. The molecular formula is C13H10N2O4. The van der Waals surface area contributed by atoms with Crippen LogP contribution in [0.2, 0.25) is 0 Å². The molecule has 0 heterocycles. The Morgan fingerprint density at radius 3 is 2.26 bits per heavy atom. The van der Waals surface area contributed by atoms with E-state index in [2.05, 4.69) is 0 Å². The molecule has 0 aromatic heterocycles. The maximum Gasteiger partial charge on any atom is 0.280 e. The van der Waals surface area contributed by atoms with Gasteiger partial charge in [-0.05, 0) is 30.9 Å². The Balaban J connectivity index is 2.37. The molecule has 0 N–H and O–H groups in total. The molecule has 0 bridgehead atoms. The van der Waals surface area contributed by atoms with Crippen molar-refractivity contribution in [1.82, 2.24) is 0 Å². The molecule has 0 radical (unpaired) electrons. The lowest BCUT2D eigenvalue weighted by Crippen LogP contribution is -1.97. The van der Waals surface area contributed by atoms with E-state index in [0.29, 0.717) is 16.3 Å². The zero-order valence-electron chi connectivity index (χ0n) is 9.91. The normalized spacial score (nSPS) is 14.5. The lowest BCUT2D eigenvalue weighted by Gasteiger charge is -2.05. The van der Waals surface area contributed by atoms with E-state index in [0.717, 1.165) is 12.8 Å². The minimum Gasteiger partial charge on any atom is -0.258 e. The molecule has 1 aliphatic rings. The third-order valence-corrected chi connectivity index (χ3v) is 3.44. The predicted octanol–water partition coefficient (Wildman–Crippen LogP) is 3.53. The van der Waals surface area contributed by atoms with Crippen LogP contribution < -0.4 is 0 Å². The maximum absolute atomic E-state index is 11.3. The van der Waals surface area contributed by atoms with E-state index in [1.165, 1.54) is 12.1 Å². The molecule has 0 aliphatic heterocycles. The number of fused-ring (bicyclic) bond motifs is 1. The molecule has 0 atom stereocenters. The molecule has 2 aromatic rings. The molecule has 2 aromatic carbocycles. The van der Waals surface area contributed by atoms with E-state index < -0.39 is 9.85 Å². The van der Waals surface area contributed by atoms with Crippen molar-refractivity contribution < 1.29 is 9.85 Å². The Morgan fingerprint density at radius 2 is 1.68 bits per heavy atom. The van der Waals surface area contributed by atoms with Gasteiger partial charge in [0.1, 0.15) is 0 Å². The highest BCUT2D eigenvalue weighted by Gasteiger charge is 2.32. The monoisotopic (exact) mass is 258 g/mol. The molecule has 3 rings (SSSR count). The second-order valence-corrected chi connectivity index (χ2v) is 4.66.